The van der Waals surface area contributed by atoms with Crippen molar-refractivity contribution in [2.75, 3.05) is 0 Å². The third-order valence-electron chi connectivity index (χ3n) is 5.05. The van der Waals surface area contributed by atoms with Crippen LogP contribution in [0.15, 0.2) is 60.7 Å². The van der Waals surface area contributed by atoms with Crippen molar-refractivity contribution in [1.29, 1.82) is 0 Å². The molecular weight excluding hydrogens is 328 g/mol. The number of rotatable bonds is 2. The monoisotopic (exact) mass is 338 g/mol. The van der Waals surface area contributed by atoms with E-state index in [9.17, 15) is 19.8 Å². The van der Waals surface area contributed by atoms with Crippen molar-refractivity contribution in [1.82, 2.24) is 0 Å². The van der Waals surface area contributed by atoms with E-state index in [1.165, 1.54) is 6.07 Å². The van der Waals surface area contributed by atoms with Gasteiger partial charge in [0, 0.05) is 16.5 Å². The summed E-state index contributed by atoms with van der Waals surface area (Å²) in [6.45, 7) is 0. The van der Waals surface area contributed by atoms with Gasteiger partial charge in [0.2, 0.25) is 0 Å². The van der Waals surface area contributed by atoms with Gasteiger partial charge in [-0.2, -0.15) is 0 Å². The number of benzene rings is 5. The van der Waals surface area contributed by atoms with Crippen molar-refractivity contribution in [3.8, 4) is 0 Å². The highest BCUT2D eigenvalue weighted by Gasteiger charge is 2.19. The first kappa shape index (κ1) is 14.7. The Morgan fingerprint density at radius 2 is 1.19 bits per heavy atom. The van der Waals surface area contributed by atoms with Gasteiger partial charge in [-0.25, -0.2) is 0 Å². The minimum atomic E-state index is -1.53. The van der Waals surface area contributed by atoms with E-state index >= 15 is 0 Å². The zero-order chi connectivity index (χ0) is 18.0. The zero-order valence-corrected chi connectivity index (χ0v) is 13.4. The first-order chi connectivity index (χ1) is 12.6. The molecule has 0 fully saturated rings. The number of carboxylic acid groups (broad SMARTS) is 2. The Bertz CT molecular complexity index is 1380. The van der Waals surface area contributed by atoms with Crippen LogP contribution in [-0.4, -0.2) is 11.9 Å². The SMILES string of the molecule is O=C([O-])c1cc2cccc3c4cccc5cccc(c(c1C(=O)[O-])c23)c54. The summed E-state index contributed by atoms with van der Waals surface area (Å²) in [6, 6.07) is 18.4. The molecule has 124 valence electrons. The third-order valence-corrected chi connectivity index (χ3v) is 5.05. The van der Waals surface area contributed by atoms with Crippen LogP contribution in [-0.2, 0) is 0 Å². The smallest absolute Gasteiger partial charge is 0.0728 e. The summed E-state index contributed by atoms with van der Waals surface area (Å²) < 4.78 is 0. The lowest BCUT2D eigenvalue weighted by atomic mass is 9.86. The molecule has 0 atom stereocenters. The highest BCUT2D eigenvalue weighted by atomic mass is 16.4. The predicted octanol–water partition coefficient (Wildman–Crippen LogP) is 2.46. The summed E-state index contributed by atoms with van der Waals surface area (Å²) in [7, 11) is 0. The molecule has 0 aliphatic carbocycles. The molecule has 0 N–H and O–H groups in total. The van der Waals surface area contributed by atoms with Gasteiger partial charge in [0.1, 0.15) is 0 Å². The number of fused-ring (bicyclic) bond motifs is 2. The normalized spacial score (nSPS) is 11.7. The van der Waals surface area contributed by atoms with E-state index in [4.69, 9.17) is 0 Å². The summed E-state index contributed by atoms with van der Waals surface area (Å²) in [5.74, 6) is -3.05. The van der Waals surface area contributed by atoms with E-state index in [0.29, 0.717) is 16.2 Å². The molecule has 0 unspecified atom stereocenters. The largest absolute Gasteiger partial charge is 0.545 e. The molecule has 0 saturated carbocycles. The third kappa shape index (κ3) is 1.73. The molecule has 0 aliphatic heterocycles. The van der Waals surface area contributed by atoms with Gasteiger partial charge < -0.3 is 19.8 Å². The van der Waals surface area contributed by atoms with Crippen molar-refractivity contribution in [2.24, 2.45) is 0 Å². The van der Waals surface area contributed by atoms with Crippen molar-refractivity contribution in [2.45, 2.75) is 0 Å². The summed E-state index contributed by atoms with van der Waals surface area (Å²) in [5.41, 5.74) is -0.687. The highest BCUT2D eigenvalue weighted by molar-refractivity contribution is 6.36. The van der Waals surface area contributed by atoms with Gasteiger partial charge in [0.15, 0.2) is 0 Å². The fourth-order valence-electron chi connectivity index (χ4n) is 4.10. The van der Waals surface area contributed by atoms with Gasteiger partial charge in [-0.3, -0.25) is 0 Å². The second-order valence-electron chi connectivity index (χ2n) is 6.36. The highest BCUT2D eigenvalue weighted by Crippen LogP contribution is 2.42. The number of carbonyl (C=O) groups excluding carboxylic acids is 2. The number of hydrogen-bond donors (Lipinski definition) is 0. The molecule has 5 rings (SSSR count). The second kappa shape index (κ2) is 4.92. The first-order valence-corrected chi connectivity index (χ1v) is 8.13. The number of carboxylic acids is 2. The maximum atomic E-state index is 11.9. The van der Waals surface area contributed by atoms with Crippen LogP contribution in [0.3, 0.4) is 0 Å². The Balaban J connectivity index is 2.26. The van der Waals surface area contributed by atoms with Crippen molar-refractivity contribution in [3.05, 3.63) is 71.8 Å². The molecule has 5 aromatic rings. The van der Waals surface area contributed by atoms with Crippen LogP contribution in [0.5, 0.6) is 0 Å². The van der Waals surface area contributed by atoms with E-state index < -0.39 is 11.9 Å². The van der Waals surface area contributed by atoms with Crippen LogP contribution >= 0.6 is 0 Å². The van der Waals surface area contributed by atoms with Crippen molar-refractivity contribution >= 4 is 55.0 Å². The van der Waals surface area contributed by atoms with Gasteiger partial charge in [-0.1, -0.05) is 54.6 Å². The van der Waals surface area contributed by atoms with Crippen LogP contribution in [0.4, 0.5) is 0 Å². The number of hydrogen-bond acceptors (Lipinski definition) is 4. The van der Waals surface area contributed by atoms with Crippen LogP contribution in [0, 0.1) is 0 Å². The van der Waals surface area contributed by atoms with Gasteiger partial charge in [-0.05, 0) is 43.8 Å². The standard InChI is InChI=1S/C22H12O4/c23-21(24)16-10-12-6-3-8-14-13-7-1-4-11-5-2-9-15(17(11)13)19(18(12)14)20(16)22(25)26/h1-10H,(H,23,24)(H,25,26)/p-2. The predicted molar refractivity (Wildman–Crippen MR) is 96.3 cm³/mol. The topological polar surface area (TPSA) is 80.3 Å². The maximum absolute atomic E-state index is 11.9. The van der Waals surface area contributed by atoms with Gasteiger partial charge in [-0.15, -0.1) is 0 Å². The Morgan fingerprint density at radius 1 is 0.615 bits per heavy atom. The molecule has 4 heteroatoms. The average molecular weight is 338 g/mol. The summed E-state index contributed by atoms with van der Waals surface area (Å²) in [6.07, 6.45) is 0. The van der Waals surface area contributed by atoms with Crippen LogP contribution in [0.2, 0.25) is 0 Å². The zero-order valence-electron chi connectivity index (χ0n) is 13.4. The molecule has 0 saturated heterocycles. The van der Waals surface area contributed by atoms with Crippen molar-refractivity contribution in [3.63, 3.8) is 0 Å². The molecule has 0 amide bonds. The minimum absolute atomic E-state index is 0.327. The average Bonchev–Trinajstić information content (AvgIpc) is 2.64. The molecule has 4 nitrogen and oxygen atoms in total. The molecule has 0 aliphatic rings. The fraction of sp³-hybridized carbons (Fsp3) is 0. The molecule has 0 spiro atoms. The summed E-state index contributed by atoms with van der Waals surface area (Å²) >= 11 is 0. The Morgan fingerprint density at radius 3 is 1.81 bits per heavy atom. The van der Waals surface area contributed by atoms with Gasteiger partial charge >= 0.3 is 0 Å². The Labute approximate surface area is 147 Å². The maximum Gasteiger partial charge on any atom is 0.0728 e. The van der Waals surface area contributed by atoms with Crippen LogP contribution in [0.1, 0.15) is 20.7 Å². The Hall–Kier alpha value is -3.66. The summed E-state index contributed by atoms with van der Waals surface area (Å²) in [4.78, 5) is 23.5. The molecule has 0 radical (unpaired) electrons. The molecule has 26 heavy (non-hydrogen) atoms. The first-order valence-electron chi connectivity index (χ1n) is 8.13. The lowest BCUT2D eigenvalue weighted by Crippen LogP contribution is -2.30. The lowest BCUT2D eigenvalue weighted by Gasteiger charge is -2.20. The lowest BCUT2D eigenvalue weighted by molar-refractivity contribution is -0.259. The molecule has 0 heterocycles. The van der Waals surface area contributed by atoms with Crippen LogP contribution in [0.25, 0.3) is 43.1 Å². The van der Waals surface area contributed by atoms with E-state index in [1.54, 1.807) is 6.07 Å². The van der Waals surface area contributed by atoms with E-state index in [0.717, 1.165) is 26.9 Å². The molecule has 0 aromatic heterocycles. The molecule has 0 bridgehead atoms. The molecular formula is C22H10O4-2. The Kier molecular flexibility index (Phi) is 2.78. The van der Waals surface area contributed by atoms with Crippen molar-refractivity contribution < 1.29 is 19.8 Å². The van der Waals surface area contributed by atoms with Gasteiger partial charge in [0.05, 0.1) is 11.9 Å². The number of aromatic carboxylic acids is 2. The van der Waals surface area contributed by atoms with E-state index in [-0.39, 0.29) is 11.1 Å². The fourth-order valence-corrected chi connectivity index (χ4v) is 4.10. The van der Waals surface area contributed by atoms with Gasteiger partial charge in [0.25, 0.3) is 0 Å². The second-order valence-corrected chi connectivity index (χ2v) is 6.36. The molecule has 5 aromatic carbocycles. The quantitative estimate of drug-likeness (QED) is 0.366. The van der Waals surface area contributed by atoms with Crippen LogP contribution < -0.4 is 10.2 Å². The number of carbonyl (C=O) groups is 2. The van der Waals surface area contributed by atoms with E-state index in [1.807, 2.05) is 48.5 Å². The minimum Gasteiger partial charge on any atom is -0.545 e. The summed E-state index contributed by atoms with van der Waals surface area (Å²) in [5, 5.41) is 29.8. The van der Waals surface area contributed by atoms with E-state index in [2.05, 4.69) is 0 Å².